The first-order valence-corrected chi connectivity index (χ1v) is 6.49. The van der Waals surface area contributed by atoms with Crippen LogP contribution in [-0.2, 0) is 0 Å². The van der Waals surface area contributed by atoms with Crippen LogP contribution in [0.4, 0.5) is 0 Å². The summed E-state index contributed by atoms with van der Waals surface area (Å²) in [6, 6.07) is 0. The van der Waals surface area contributed by atoms with Gasteiger partial charge in [-0.25, -0.2) is 0 Å². The molecule has 0 spiro atoms. The van der Waals surface area contributed by atoms with Crippen LogP contribution in [0.1, 0.15) is 41.9 Å². The van der Waals surface area contributed by atoms with Crippen LogP contribution in [0.15, 0.2) is 4.47 Å². The Labute approximate surface area is 103 Å². The predicted molar refractivity (Wildman–Crippen MR) is 63.3 cm³/mol. The van der Waals surface area contributed by atoms with E-state index in [9.17, 15) is 4.79 Å². The lowest BCUT2D eigenvalue weighted by molar-refractivity contribution is 0.0523. The van der Waals surface area contributed by atoms with Gasteiger partial charge in [-0.1, -0.05) is 6.92 Å². The fourth-order valence-corrected chi connectivity index (χ4v) is 2.81. The molecule has 0 aromatic carbocycles. The largest absolute Gasteiger partial charge is 0.337 e. The minimum absolute atomic E-state index is 0.0492. The maximum absolute atomic E-state index is 12.1. The highest BCUT2D eigenvalue weighted by Crippen LogP contribution is 2.43. The average Bonchev–Trinajstić information content (AvgIpc) is 2.97. The number of aromatic nitrogens is 2. The van der Waals surface area contributed by atoms with Gasteiger partial charge >= 0.3 is 0 Å². The highest BCUT2D eigenvalue weighted by molar-refractivity contribution is 9.10. The van der Waals surface area contributed by atoms with Crippen LogP contribution >= 0.6 is 15.9 Å². The first kappa shape index (κ1) is 10.3. The van der Waals surface area contributed by atoms with Crippen molar-refractivity contribution in [3.05, 3.63) is 15.9 Å². The summed E-state index contributed by atoms with van der Waals surface area (Å²) >= 11 is 3.49. The summed E-state index contributed by atoms with van der Waals surface area (Å²) in [5.41, 5.74) is 1.64. The highest BCUT2D eigenvalue weighted by atomic mass is 79.9. The number of nitrogens with one attached hydrogen (secondary N) is 1. The predicted octanol–water partition coefficient (Wildman–Crippen LogP) is 2.14. The van der Waals surface area contributed by atoms with Crippen molar-refractivity contribution in [2.75, 3.05) is 13.1 Å². The Morgan fingerprint density at radius 2 is 2.19 bits per heavy atom. The summed E-state index contributed by atoms with van der Waals surface area (Å²) in [6.07, 6.45) is 2.41. The molecule has 0 bridgehead atoms. The van der Waals surface area contributed by atoms with E-state index in [0.717, 1.165) is 23.3 Å². The SMILES string of the molecule is CC1CN(C(=O)c2n[nH]c(C3CC3)c2Br)C1. The Bertz CT molecular complexity index is 432. The van der Waals surface area contributed by atoms with Gasteiger partial charge in [0.25, 0.3) is 5.91 Å². The molecule has 1 aliphatic carbocycles. The maximum atomic E-state index is 12.1. The Morgan fingerprint density at radius 1 is 1.50 bits per heavy atom. The van der Waals surface area contributed by atoms with E-state index in [1.807, 2.05) is 4.90 Å². The van der Waals surface area contributed by atoms with Gasteiger partial charge in [0.05, 0.1) is 10.2 Å². The van der Waals surface area contributed by atoms with Gasteiger partial charge in [-0.2, -0.15) is 5.10 Å². The van der Waals surface area contributed by atoms with Gasteiger partial charge < -0.3 is 4.90 Å². The van der Waals surface area contributed by atoms with Gasteiger partial charge in [-0.15, -0.1) is 0 Å². The Balaban J connectivity index is 1.80. The molecule has 16 heavy (non-hydrogen) atoms. The second-order valence-corrected chi connectivity index (χ2v) is 5.68. The minimum atomic E-state index is 0.0492. The van der Waals surface area contributed by atoms with Crippen LogP contribution in [0.25, 0.3) is 0 Å². The molecule has 3 rings (SSSR count). The van der Waals surface area contributed by atoms with E-state index in [0.29, 0.717) is 17.5 Å². The zero-order valence-electron chi connectivity index (χ0n) is 9.16. The molecule has 1 amide bonds. The van der Waals surface area contributed by atoms with Crippen molar-refractivity contribution in [2.24, 2.45) is 5.92 Å². The molecule has 2 fully saturated rings. The number of nitrogens with zero attached hydrogens (tertiary/aromatic N) is 2. The van der Waals surface area contributed by atoms with Gasteiger partial charge in [0.15, 0.2) is 5.69 Å². The lowest BCUT2D eigenvalue weighted by atomic mass is 10.0. The van der Waals surface area contributed by atoms with Crippen molar-refractivity contribution in [2.45, 2.75) is 25.7 Å². The number of hydrogen-bond acceptors (Lipinski definition) is 2. The van der Waals surface area contributed by atoms with E-state index in [1.165, 1.54) is 12.8 Å². The quantitative estimate of drug-likeness (QED) is 0.904. The van der Waals surface area contributed by atoms with Crippen molar-refractivity contribution in [1.29, 1.82) is 0 Å². The Morgan fingerprint density at radius 3 is 2.75 bits per heavy atom. The summed E-state index contributed by atoms with van der Waals surface area (Å²) in [4.78, 5) is 13.9. The van der Waals surface area contributed by atoms with Gasteiger partial charge in [-0.3, -0.25) is 9.89 Å². The second kappa shape index (κ2) is 3.58. The summed E-state index contributed by atoms with van der Waals surface area (Å²) in [5, 5.41) is 7.13. The Kier molecular flexibility index (Phi) is 2.31. The fourth-order valence-electron chi connectivity index (χ4n) is 2.14. The maximum Gasteiger partial charge on any atom is 0.275 e. The number of carbonyl (C=O) groups excluding carboxylic acids is 1. The number of aromatic amines is 1. The average molecular weight is 284 g/mol. The van der Waals surface area contributed by atoms with Gasteiger partial charge in [0.1, 0.15) is 0 Å². The molecule has 1 N–H and O–H groups in total. The van der Waals surface area contributed by atoms with Crippen molar-refractivity contribution < 1.29 is 4.79 Å². The molecule has 1 saturated heterocycles. The lowest BCUT2D eigenvalue weighted by Gasteiger charge is -2.36. The van der Waals surface area contributed by atoms with Crippen LogP contribution in [0.3, 0.4) is 0 Å². The van der Waals surface area contributed by atoms with E-state index in [1.54, 1.807) is 0 Å². The third-order valence-electron chi connectivity index (χ3n) is 3.27. The molecule has 2 aliphatic rings. The number of H-pyrrole nitrogens is 1. The fraction of sp³-hybridized carbons (Fsp3) is 0.636. The first-order valence-electron chi connectivity index (χ1n) is 5.70. The Hall–Kier alpha value is -0.840. The van der Waals surface area contributed by atoms with Crippen molar-refractivity contribution in [3.8, 4) is 0 Å². The zero-order valence-corrected chi connectivity index (χ0v) is 10.7. The second-order valence-electron chi connectivity index (χ2n) is 4.89. The number of rotatable bonds is 2. The molecule has 86 valence electrons. The van der Waals surface area contributed by atoms with Crippen molar-refractivity contribution in [3.63, 3.8) is 0 Å². The number of amides is 1. The van der Waals surface area contributed by atoms with Gasteiger partial charge in [-0.05, 0) is 34.7 Å². The van der Waals surface area contributed by atoms with E-state index in [2.05, 4.69) is 33.1 Å². The monoisotopic (exact) mass is 283 g/mol. The molecule has 0 radical (unpaired) electrons. The molecule has 1 saturated carbocycles. The topological polar surface area (TPSA) is 49.0 Å². The number of likely N-dealkylation sites (tertiary alicyclic amines) is 1. The van der Waals surface area contributed by atoms with Crippen LogP contribution in [0.5, 0.6) is 0 Å². The van der Waals surface area contributed by atoms with Crippen LogP contribution in [0, 0.1) is 5.92 Å². The highest BCUT2D eigenvalue weighted by Gasteiger charge is 2.34. The van der Waals surface area contributed by atoms with Crippen molar-refractivity contribution in [1.82, 2.24) is 15.1 Å². The summed E-state index contributed by atoms with van der Waals surface area (Å²) in [5.74, 6) is 1.26. The smallest absolute Gasteiger partial charge is 0.275 e. The van der Waals surface area contributed by atoms with Crippen LogP contribution in [0.2, 0.25) is 0 Å². The normalized spacial score (nSPS) is 21.0. The number of halogens is 1. The minimum Gasteiger partial charge on any atom is -0.337 e. The zero-order chi connectivity index (χ0) is 11.3. The molecule has 0 unspecified atom stereocenters. The van der Waals surface area contributed by atoms with E-state index in [-0.39, 0.29) is 5.91 Å². The third kappa shape index (κ3) is 1.57. The molecule has 1 aromatic rings. The standard InChI is InChI=1S/C11H14BrN3O/c1-6-4-15(5-6)11(16)10-8(12)9(13-14-10)7-2-3-7/h6-7H,2-5H2,1H3,(H,13,14). The van der Waals surface area contributed by atoms with Gasteiger partial charge in [0, 0.05) is 19.0 Å². The summed E-state index contributed by atoms with van der Waals surface area (Å²) < 4.78 is 0.875. The lowest BCUT2D eigenvalue weighted by Crippen LogP contribution is -2.48. The van der Waals surface area contributed by atoms with Crippen molar-refractivity contribution >= 4 is 21.8 Å². The first-order chi connectivity index (χ1) is 7.66. The summed E-state index contributed by atoms with van der Waals surface area (Å²) in [7, 11) is 0. The van der Waals surface area contributed by atoms with E-state index >= 15 is 0 Å². The molecule has 4 nitrogen and oxygen atoms in total. The van der Waals surface area contributed by atoms with Gasteiger partial charge in [0.2, 0.25) is 0 Å². The number of carbonyl (C=O) groups is 1. The van der Waals surface area contributed by atoms with E-state index in [4.69, 9.17) is 0 Å². The number of hydrogen-bond donors (Lipinski definition) is 1. The molecule has 0 atom stereocenters. The molecule has 5 heteroatoms. The molecule has 2 heterocycles. The molecule has 1 aliphatic heterocycles. The molecule has 1 aromatic heterocycles. The third-order valence-corrected chi connectivity index (χ3v) is 4.07. The summed E-state index contributed by atoms with van der Waals surface area (Å²) in [6.45, 7) is 3.87. The molecular formula is C11H14BrN3O. The van der Waals surface area contributed by atoms with Crippen LogP contribution < -0.4 is 0 Å². The molecular weight excluding hydrogens is 270 g/mol. The van der Waals surface area contributed by atoms with E-state index < -0.39 is 0 Å². The van der Waals surface area contributed by atoms with Crippen LogP contribution in [-0.4, -0.2) is 34.1 Å².